The molecule has 1 aliphatic carbocycles. The predicted octanol–water partition coefficient (Wildman–Crippen LogP) is 5.31. The lowest BCUT2D eigenvalue weighted by atomic mass is 9.79. The van der Waals surface area contributed by atoms with E-state index >= 15 is 0 Å². The third kappa shape index (κ3) is 4.17. The Morgan fingerprint density at radius 2 is 1.88 bits per heavy atom. The van der Waals surface area contributed by atoms with Crippen LogP contribution in [0.15, 0.2) is 53.9 Å². The first kappa shape index (κ1) is 23.1. The van der Waals surface area contributed by atoms with Gasteiger partial charge in [0, 0.05) is 41.2 Å². The largest absolute Gasteiger partial charge is 0.465 e. The fourth-order valence-corrected chi connectivity index (χ4v) is 5.50. The topological polar surface area (TPSA) is 62.6 Å². The van der Waals surface area contributed by atoms with Crippen LogP contribution in [0.25, 0.3) is 16.8 Å². The van der Waals surface area contributed by atoms with E-state index in [1.165, 1.54) is 7.11 Å². The number of ether oxygens (including phenoxy) is 3. The number of imidazole rings is 1. The zero-order valence-electron chi connectivity index (χ0n) is 20.1. The van der Waals surface area contributed by atoms with Gasteiger partial charge in [-0.1, -0.05) is 26.0 Å². The standard InChI is InChI=1S/C27H30N2O4S/c1-26(2)15-32-27(33-16-26)10-9-20-22(14-27)21(13-23(34-4)24(20)25(30)31-3)18-5-7-19(8-6-18)29-12-11-28-17-29/h5-8,11-13,17H,9-10,14-16H2,1-4H3. The first-order valence-corrected chi connectivity index (χ1v) is 12.7. The van der Waals surface area contributed by atoms with Crippen LogP contribution in [0.3, 0.4) is 0 Å². The third-order valence-corrected chi connectivity index (χ3v) is 7.52. The zero-order valence-corrected chi connectivity index (χ0v) is 20.9. The quantitative estimate of drug-likeness (QED) is 0.374. The molecule has 2 aliphatic rings. The second-order valence-corrected chi connectivity index (χ2v) is 10.6. The minimum absolute atomic E-state index is 0.00258. The molecular formula is C27H30N2O4S. The molecule has 2 heterocycles. The Hall–Kier alpha value is -2.61. The Bertz CT molecular complexity index is 1190. The Morgan fingerprint density at radius 3 is 2.50 bits per heavy atom. The summed E-state index contributed by atoms with van der Waals surface area (Å²) in [7, 11) is 1.45. The number of fused-ring (bicyclic) bond motifs is 1. The fraction of sp³-hybridized carbons (Fsp3) is 0.407. The van der Waals surface area contributed by atoms with E-state index in [9.17, 15) is 4.79 Å². The summed E-state index contributed by atoms with van der Waals surface area (Å²) in [6.07, 6.45) is 9.51. The van der Waals surface area contributed by atoms with E-state index in [-0.39, 0.29) is 11.4 Å². The molecule has 2 aromatic carbocycles. The van der Waals surface area contributed by atoms with Crippen molar-refractivity contribution in [3.8, 4) is 16.8 Å². The van der Waals surface area contributed by atoms with Gasteiger partial charge in [0.05, 0.1) is 32.2 Å². The van der Waals surface area contributed by atoms with E-state index in [2.05, 4.69) is 49.2 Å². The van der Waals surface area contributed by atoms with Crippen molar-refractivity contribution in [2.75, 3.05) is 26.6 Å². The summed E-state index contributed by atoms with van der Waals surface area (Å²) >= 11 is 1.57. The average molecular weight is 479 g/mol. The van der Waals surface area contributed by atoms with Crippen LogP contribution in [-0.2, 0) is 27.1 Å². The van der Waals surface area contributed by atoms with Gasteiger partial charge in [0.15, 0.2) is 5.79 Å². The van der Waals surface area contributed by atoms with E-state index in [1.54, 1.807) is 24.3 Å². The van der Waals surface area contributed by atoms with Gasteiger partial charge in [-0.05, 0) is 53.1 Å². The maximum Gasteiger partial charge on any atom is 0.339 e. The number of nitrogens with zero attached hydrogens (tertiary/aromatic N) is 2. The smallest absolute Gasteiger partial charge is 0.339 e. The Labute approximate surface area is 204 Å². The number of esters is 1. The summed E-state index contributed by atoms with van der Waals surface area (Å²) in [5.74, 6) is -0.937. The molecule has 3 aromatic rings. The Morgan fingerprint density at radius 1 is 1.15 bits per heavy atom. The first-order chi connectivity index (χ1) is 16.3. The minimum atomic E-state index is -0.651. The lowest BCUT2D eigenvalue weighted by Crippen LogP contribution is -2.50. The number of carbonyl (C=O) groups is 1. The minimum Gasteiger partial charge on any atom is -0.465 e. The van der Waals surface area contributed by atoms with Crippen molar-refractivity contribution < 1.29 is 19.0 Å². The van der Waals surface area contributed by atoms with Crippen molar-refractivity contribution in [2.45, 2.75) is 43.8 Å². The van der Waals surface area contributed by atoms with E-state index in [0.29, 0.717) is 31.6 Å². The molecule has 0 saturated carbocycles. The molecule has 0 amide bonds. The highest BCUT2D eigenvalue weighted by atomic mass is 32.2. The summed E-state index contributed by atoms with van der Waals surface area (Å²) in [5.41, 5.74) is 6.09. The predicted molar refractivity (Wildman–Crippen MR) is 133 cm³/mol. The van der Waals surface area contributed by atoms with Crippen molar-refractivity contribution in [1.82, 2.24) is 9.55 Å². The molecule has 34 heavy (non-hydrogen) atoms. The van der Waals surface area contributed by atoms with Crippen molar-refractivity contribution in [1.29, 1.82) is 0 Å². The van der Waals surface area contributed by atoms with E-state index in [4.69, 9.17) is 14.2 Å². The molecule has 0 atom stereocenters. The van der Waals surface area contributed by atoms with Gasteiger partial charge < -0.3 is 18.8 Å². The molecule has 6 nitrogen and oxygen atoms in total. The van der Waals surface area contributed by atoms with E-state index in [1.807, 2.05) is 17.0 Å². The molecule has 1 aliphatic heterocycles. The van der Waals surface area contributed by atoms with Gasteiger partial charge in [-0.3, -0.25) is 0 Å². The molecule has 0 radical (unpaired) electrons. The summed E-state index contributed by atoms with van der Waals surface area (Å²) in [6.45, 7) is 5.63. The average Bonchev–Trinajstić information content (AvgIpc) is 3.40. The van der Waals surface area contributed by atoms with Crippen LogP contribution in [0, 0.1) is 5.41 Å². The van der Waals surface area contributed by atoms with Crippen LogP contribution in [0.4, 0.5) is 0 Å². The Balaban J connectivity index is 1.61. The van der Waals surface area contributed by atoms with Gasteiger partial charge in [0.25, 0.3) is 0 Å². The molecule has 0 N–H and O–H groups in total. The summed E-state index contributed by atoms with van der Waals surface area (Å²) in [5, 5.41) is 0. The van der Waals surface area contributed by atoms with Crippen molar-refractivity contribution >= 4 is 17.7 Å². The number of carbonyl (C=O) groups excluding carboxylic acids is 1. The molecule has 0 bridgehead atoms. The lowest BCUT2D eigenvalue weighted by Gasteiger charge is -2.46. The van der Waals surface area contributed by atoms with Crippen molar-refractivity contribution in [3.05, 3.63) is 65.7 Å². The van der Waals surface area contributed by atoms with E-state index in [0.717, 1.165) is 39.3 Å². The van der Waals surface area contributed by atoms with Gasteiger partial charge in [-0.25, -0.2) is 9.78 Å². The van der Waals surface area contributed by atoms with Gasteiger partial charge >= 0.3 is 5.97 Å². The second-order valence-electron chi connectivity index (χ2n) is 9.80. The molecule has 7 heteroatoms. The number of aromatic nitrogens is 2. The zero-order chi connectivity index (χ0) is 23.9. The summed E-state index contributed by atoms with van der Waals surface area (Å²) in [4.78, 5) is 17.9. The van der Waals surface area contributed by atoms with E-state index < -0.39 is 5.79 Å². The number of benzene rings is 2. The van der Waals surface area contributed by atoms with Crippen LogP contribution in [0.1, 0.15) is 41.8 Å². The number of hydrogen-bond donors (Lipinski definition) is 0. The molecular weight excluding hydrogens is 448 g/mol. The lowest BCUT2D eigenvalue weighted by molar-refractivity contribution is -0.302. The maximum absolute atomic E-state index is 12.8. The molecule has 178 valence electrons. The van der Waals surface area contributed by atoms with Crippen LogP contribution in [-0.4, -0.2) is 47.9 Å². The van der Waals surface area contributed by atoms with Crippen molar-refractivity contribution in [2.24, 2.45) is 5.41 Å². The molecule has 1 fully saturated rings. The van der Waals surface area contributed by atoms with Gasteiger partial charge in [0.1, 0.15) is 0 Å². The first-order valence-electron chi connectivity index (χ1n) is 11.5. The molecule has 1 aromatic heterocycles. The maximum atomic E-state index is 12.8. The van der Waals surface area contributed by atoms with Crippen molar-refractivity contribution in [3.63, 3.8) is 0 Å². The number of rotatable bonds is 4. The van der Waals surface area contributed by atoms with Gasteiger partial charge in [-0.15, -0.1) is 11.8 Å². The monoisotopic (exact) mass is 478 g/mol. The van der Waals surface area contributed by atoms with Crippen LogP contribution in [0.2, 0.25) is 0 Å². The molecule has 1 spiro atoms. The van der Waals surface area contributed by atoms with Crippen LogP contribution < -0.4 is 0 Å². The normalized spacial score (nSPS) is 18.5. The number of thioether (sulfide) groups is 1. The number of methoxy groups -OCH3 is 1. The third-order valence-electron chi connectivity index (χ3n) is 6.76. The summed E-state index contributed by atoms with van der Waals surface area (Å²) in [6, 6.07) is 10.5. The number of hydrogen-bond acceptors (Lipinski definition) is 6. The highest BCUT2D eigenvalue weighted by Gasteiger charge is 2.44. The van der Waals surface area contributed by atoms with Gasteiger partial charge in [0.2, 0.25) is 0 Å². The second kappa shape index (κ2) is 8.87. The van der Waals surface area contributed by atoms with Crippen LogP contribution in [0.5, 0.6) is 0 Å². The highest BCUT2D eigenvalue weighted by molar-refractivity contribution is 7.98. The highest BCUT2D eigenvalue weighted by Crippen LogP contribution is 2.45. The Kier molecular flexibility index (Phi) is 6.04. The fourth-order valence-electron chi connectivity index (χ4n) is 4.86. The van der Waals surface area contributed by atoms with Crippen LogP contribution >= 0.6 is 11.8 Å². The van der Waals surface area contributed by atoms with Gasteiger partial charge in [-0.2, -0.15) is 0 Å². The molecule has 0 unspecified atom stereocenters. The summed E-state index contributed by atoms with van der Waals surface area (Å²) < 4.78 is 19.9. The molecule has 1 saturated heterocycles. The SMILES string of the molecule is COC(=O)c1c(SC)cc(-c2ccc(-n3ccnc3)cc2)c2c1CCC1(C2)OCC(C)(C)CO1. The molecule has 5 rings (SSSR count).